The van der Waals surface area contributed by atoms with Crippen molar-refractivity contribution >= 4 is 39.1 Å². The molecular weight excluding hydrogens is 396 g/mol. The number of benzene rings is 2. The van der Waals surface area contributed by atoms with E-state index in [1.807, 2.05) is 0 Å². The van der Waals surface area contributed by atoms with Gasteiger partial charge < -0.3 is 4.90 Å². The highest BCUT2D eigenvalue weighted by Gasteiger charge is 2.42. The first-order valence-corrected chi connectivity index (χ1v) is 10.5. The van der Waals surface area contributed by atoms with E-state index in [1.54, 1.807) is 0 Å². The fraction of sp³-hybridized carbons (Fsp3) is 0.375. The number of anilines is 1. The van der Waals surface area contributed by atoms with Gasteiger partial charge in [0, 0.05) is 41.0 Å². The van der Waals surface area contributed by atoms with E-state index in [1.165, 1.54) is 33.8 Å². The van der Waals surface area contributed by atoms with Crippen molar-refractivity contribution in [2.75, 3.05) is 25.0 Å². The monoisotopic (exact) mass is 425 g/mol. The van der Waals surface area contributed by atoms with Gasteiger partial charge in [0.2, 0.25) is 5.69 Å². The maximum absolute atomic E-state index is 3.62. The van der Waals surface area contributed by atoms with E-state index in [0.29, 0.717) is 0 Å². The van der Waals surface area contributed by atoms with E-state index in [0.717, 1.165) is 17.6 Å². The third-order valence-electron chi connectivity index (χ3n) is 5.80. The van der Waals surface area contributed by atoms with Gasteiger partial charge in [0.1, 0.15) is 7.05 Å². The van der Waals surface area contributed by atoms with Gasteiger partial charge >= 0.3 is 0 Å². The van der Waals surface area contributed by atoms with Crippen LogP contribution in [0.15, 0.2) is 46.9 Å². The van der Waals surface area contributed by atoms with Gasteiger partial charge in [0.05, 0.1) is 5.41 Å². The fourth-order valence-electron chi connectivity index (χ4n) is 4.11. The topological polar surface area (TPSA) is 6.25 Å². The van der Waals surface area contributed by atoms with Crippen LogP contribution < -0.4 is 4.90 Å². The Morgan fingerprint density at radius 1 is 1.04 bits per heavy atom. The molecule has 1 aliphatic heterocycles. The lowest BCUT2D eigenvalue weighted by Crippen LogP contribution is -2.26. The Kier molecular flexibility index (Phi) is 5.62. The zero-order valence-electron chi connectivity index (χ0n) is 17.3. The van der Waals surface area contributed by atoms with Crippen LogP contribution in [0.1, 0.15) is 44.4 Å². The molecule has 27 heavy (non-hydrogen) atoms. The highest BCUT2D eigenvalue weighted by Crippen LogP contribution is 2.40. The standard InChI is InChI=1S/C24H30BrN2/c1-7-27(8-2)20-12-9-18(17(3)15-20)10-14-23-24(4,5)21-16-19(25)11-13-22(21)26(23)6/h9-16H,7-8H2,1-6H3/q+1. The molecule has 3 rings (SSSR count). The van der Waals surface area contributed by atoms with E-state index in [2.05, 4.69) is 116 Å². The average Bonchev–Trinajstić information content (AvgIpc) is 2.81. The smallest absolute Gasteiger partial charge is 0.209 e. The van der Waals surface area contributed by atoms with Crippen LogP contribution in [0, 0.1) is 6.92 Å². The van der Waals surface area contributed by atoms with E-state index >= 15 is 0 Å². The van der Waals surface area contributed by atoms with E-state index in [9.17, 15) is 0 Å². The van der Waals surface area contributed by atoms with Gasteiger partial charge in [0.15, 0.2) is 5.71 Å². The van der Waals surface area contributed by atoms with Crippen molar-refractivity contribution in [1.29, 1.82) is 0 Å². The Balaban J connectivity index is 1.94. The molecule has 2 aromatic rings. The molecule has 0 spiro atoms. The molecule has 3 heteroatoms. The minimum atomic E-state index is -0.0145. The van der Waals surface area contributed by atoms with E-state index < -0.39 is 0 Å². The lowest BCUT2D eigenvalue weighted by Gasteiger charge is -2.22. The Morgan fingerprint density at radius 2 is 1.74 bits per heavy atom. The van der Waals surface area contributed by atoms with Crippen LogP contribution in [-0.2, 0) is 5.41 Å². The molecule has 0 atom stereocenters. The van der Waals surface area contributed by atoms with Gasteiger partial charge in [-0.2, -0.15) is 4.58 Å². The van der Waals surface area contributed by atoms with Crippen molar-refractivity contribution < 1.29 is 4.58 Å². The van der Waals surface area contributed by atoms with Crippen molar-refractivity contribution in [3.8, 4) is 0 Å². The van der Waals surface area contributed by atoms with Gasteiger partial charge in [-0.1, -0.05) is 22.0 Å². The summed E-state index contributed by atoms with van der Waals surface area (Å²) in [5.41, 5.74) is 7.86. The van der Waals surface area contributed by atoms with E-state index in [-0.39, 0.29) is 5.41 Å². The van der Waals surface area contributed by atoms with Crippen molar-refractivity contribution in [1.82, 2.24) is 0 Å². The molecule has 0 aromatic heterocycles. The number of fused-ring (bicyclic) bond motifs is 1. The number of hydrogen-bond donors (Lipinski definition) is 0. The van der Waals surface area contributed by atoms with Crippen LogP contribution in [0.5, 0.6) is 0 Å². The highest BCUT2D eigenvalue weighted by atomic mass is 79.9. The number of aryl methyl sites for hydroxylation is 1. The van der Waals surface area contributed by atoms with Crippen LogP contribution in [0.4, 0.5) is 11.4 Å². The maximum atomic E-state index is 3.62. The molecule has 0 bridgehead atoms. The molecule has 0 aliphatic carbocycles. The number of rotatable bonds is 5. The zero-order chi connectivity index (χ0) is 19.8. The van der Waals surface area contributed by atoms with Gasteiger partial charge in [0.25, 0.3) is 0 Å². The van der Waals surface area contributed by atoms with Crippen LogP contribution >= 0.6 is 15.9 Å². The summed E-state index contributed by atoms with van der Waals surface area (Å²) >= 11 is 3.62. The number of halogens is 1. The average molecular weight is 426 g/mol. The second kappa shape index (κ2) is 7.63. The van der Waals surface area contributed by atoms with Crippen LogP contribution in [0.25, 0.3) is 6.08 Å². The van der Waals surface area contributed by atoms with Gasteiger partial charge in [-0.3, -0.25) is 0 Å². The molecule has 2 aromatic carbocycles. The summed E-state index contributed by atoms with van der Waals surface area (Å²) < 4.78 is 3.45. The maximum Gasteiger partial charge on any atom is 0.209 e. The zero-order valence-corrected chi connectivity index (χ0v) is 18.9. The normalized spacial score (nSPS) is 15.5. The first-order valence-electron chi connectivity index (χ1n) is 9.74. The van der Waals surface area contributed by atoms with Crippen LogP contribution in [-0.4, -0.2) is 30.4 Å². The lowest BCUT2D eigenvalue weighted by molar-refractivity contribution is -0.401. The molecule has 0 saturated heterocycles. The molecule has 142 valence electrons. The van der Waals surface area contributed by atoms with Crippen LogP contribution in [0.3, 0.4) is 0 Å². The fourth-order valence-corrected chi connectivity index (χ4v) is 4.47. The molecular formula is C24H30BrN2+. The quantitative estimate of drug-likeness (QED) is 0.507. The summed E-state index contributed by atoms with van der Waals surface area (Å²) in [7, 11) is 2.16. The van der Waals surface area contributed by atoms with Crippen molar-refractivity contribution in [2.24, 2.45) is 0 Å². The summed E-state index contributed by atoms with van der Waals surface area (Å²) in [5, 5.41) is 0. The molecule has 0 unspecified atom stereocenters. The Hall–Kier alpha value is -1.87. The number of allylic oxidation sites excluding steroid dienone is 1. The van der Waals surface area contributed by atoms with Crippen molar-refractivity contribution in [3.63, 3.8) is 0 Å². The first kappa shape index (κ1) is 19.9. The van der Waals surface area contributed by atoms with E-state index in [4.69, 9.17) is 0 Å². The van der Waals surface area contributed by atoms with Crippen molar-refractivity contribution in [3.05, 3.63) is 63.6 Å². The molecule has 0 saturated carbocycles. The predicted molar refractivity (Wildman–Crippen MR) is 122 cm³/mol. The summed E-state index contributed by atoms with van der Waals surface area (Å²) in [4.78, 5) is 2.39. The summed E-state index contributed by atoms with van der Waals surface area (Å²) in [6.45, 7) is 13.3. The second-order valence-corrected chi connectivity index (χ2v) is 8.69. The van der Waals surface area contributed by atoms with Gasteiger partial charge in [-0.15, -0.1) is 0 Å². The Labute approximate surface area is 172 Å². The minimum absolute atomic E-state index is 0.0145. The lowest BCUT2D eigenvalue weighted by atomic mass is 9.81. The Morgan fingerprint density at radius 3 is 2.37 bits per heavy atom. The van der Waals surface area contributed by atoms with Crippen molar-refractivity contribution in [2.45, 2.75) is 40.0 Å². The van der Waals surface area contributed by atoms with Gasteiger partial charge in [-0.25, -0.2) is 0 Å². The SMILES string of the molecule is CCN(CC)c1ccc(/C=C/C2=[N+](C)c3ccc(Br)cc3C2(C)C)c(C)c1. The molecule has 0 fully saturated rings. The molecule has 0 radical (unpaired) electrons. The third-order valence-corrected chi connectivity index (χ3v) is 6.29. The summed E-state index contributed by atoms with van der Waals surface area (Å²) in [6, 6.07) is 13.3. The van der Waals surface area contributed by atoms with Gasteiger partial charge in [-0.05, 0) is 76.1 Å². The number of hydrogen-bond acceptors (Lipinski definition) is 1. The third kappa shape index (κ3) is 3.62. The predicted octanol–water partition coefficient (Wildman–Crippen LogP) is 6.32. The largest absolute Gasteiger partial charge is 0.372 e. The summed E-state index contributed by atoms with van der Waals surface area (Å²) in [6.07, 6.45) is 4.54. The molecule has 1 heterocycles. The minimum Gasteiger partial charge on any atom is -0.372 e. The molecule has 2 nitrogen and oxygen atoms in total. The second-order valence-electron chi connectivity index (χ2n) is 7.78. The molecule has 0 N–H and O–H groups in total. The number of nitrogens with zero attached hydrogens (tertiary/aromatic N) is 2. The summed E-state index contributed by atoms with van der Waals surface area (Å²) in [5.74, 6) is 0. The highest BCUT2D eigenvalue weighted by molar-refractivity contribution is 9.10. The van der Waals surface area contributed by atoms with Crippen LogP contribution in [0.2, 0.25) is 0 Å². The molecule has 1 aliphatic rings. The first-order chi connectivity index (χ1) is 12.8. The molecule has 0 amide bonds. The Bertz CT molecular complexity index is 918.